The van der Waals surface area contributed by atoms with Crippen LogP contribution in [0.2, 0.25) is 0 Å². The molecule has 0 aliphatic carbocycles. The van der Waals surface area contributed by atoms with E-state index >= 15 is 0 Å². The largest absolute Gasteiger partial charge is 0.496 e. The summed E-state index contributed by atoms with van der Waals surface area (Å²) in [6, 6.07) is 10.5. The Morgan fingerprint density at radius 1 is 1.33 bits per heavy atom. The number of rotatable bonds is 4. The first-order valence-electron chi connectivity index (χ1n) is 6.48. The van der Waals surface area contributed by atoms with E-state index in [0.717, 1.165) is 24.4 Å². The Balaban J connectivity index is 2.22. The number of likely N-dealkylation sites (tertiary alicyclic amines) is 1. The van der Waals surface area contributed by atoms with Crippen LogP contribution in [0.25, 0.3) is 0 Å². The molecule has 1 aliphatic rings. The Morgan fingerprint density at radius 2 is 2.00 bits per heavy atom. The lowest BCUT2D eigenvalue weighted by Crippen LogP contribution is -2.45. The van der Waals surface area contributed by atoms with Crippen LogP contribution in [-0.2, 0) is 6.42 Å². The molecule has 0 amide bonds. The monoisotopic (exact) mass is 244 g/mol. The van der Waals surface area contributed by atoms with Gasteiger partial charge in [0.15, 0.2) is 0 Å². The van der Waals surface area contributed by atoms with E-state index < -0.39 is 5.54 Å². The molecule has 0 bridgehead atoms. The maximum absolute atomic E-state index is 9.54. The number of benzene rings is 1. The van der Waals surface area contributed by atoms with Crippen LogP contribution in [0.5, 0.6) is 5.75 Å². The van der Waals surface area contributed by atoms with E-state index in [0.29, 0.717) is 6.42 Å². The molecule has 0 N–H and O–H groups in total. The van der Waals surface area contributed by atoms with Gasteiger partial charge in [0.2, 0.25) is 0 Å². The van der Waals surface area contributed by atoms with Crippen LogP contribution in [0.4, 0.5) is 0 Å². The Hall–Kier alpha value is -1.53. The third kappa shape index (κ3) is 2.49. The predicted molar refractivity (Wildman–Crippen MR) is 71.5 cm³/mol. The van der Waals surface area contributed by atoms with Crippen molar-refractivity contribution in [3.8, 4) is 11.8 Å². The van der Waals surface area contributed by atoms with Crippen LogP contribution in [0.1, 0.15) is 25.3 Å². The fourth-order valence-electron chi connectivity index (χ4n) is 2.65. The number of para-hydroxylation sites is 1. The molecule has 1 aliphatic heterocycles. The van der Waals surface area contributed by atoms with Gasteiger partial charge in [-0.15, -0.1) is 0 Å². The quantitative estimate of drug-likeness (QED) is 0.817. The molecule has 1 aromatic carbocycles. The fraction of sp³-hybridized carbons (Fsp3) is 0.533. The van der Waals surface area contributed by atoms with E-state index in [2.05, 4.69) is 11.0 Å². The van der Waals surface area contributed by atoms with Crippen molar-refractivity contribution in [2.75, 3.05) is 20.2 Å². The maximum atomic E-state index is 9.54. The summed E-state index contributed by atoms with van der Waals surface area (Å²) in [6.45, 7) is 4.09. The maximum Gasteiger partial charge on any atom is 0.122 e. The highest BCUT2D eigenvalue weighted by molar-refractivity contribution is 5.36. The van der Waals surface area contributed by atoms with Gasteiger partial charge in [0.1, 0.15) is 11.3 Å². The summed E-state index contributed by atoms with van der Waals surface area (Å²) < 4.78 is 5.37. The highest BCUT2D eigenvalue weighted by atomic mass is 16.5. The lowest BCUT2D eigenvalue weighted by atomic mass is 9.92. The number of methoxy groups -OCH3 is 1. The minimum absolute atomic E-state index is 0.425. The van der Waals surface area contributed by atoms with Gasteiger partial charge in [-0.3, -0.25) is 4.90 Å². The molecule has 96 valence electrons. The Bertz CT molecular complexity index is 446. The van der Waals surface area contributed by atoms with E-state index in [-0.39, 0.29) is 0 Å². The first kappa shape index (κ1) is 12.9. The van der Waals surface area contributed by atoms with Gasteiger partial charge in [-0.05, 0) is 44.5 Å². The zero-order valence-corrected chi connectivity index (χ0v) is 11.1. The van der Waals surface area contributed by atoms with Gasteiger partial charge in [-0.25, -0.2) is 0 Å². The lowest BCUT2D eigenvalue weighted by molar-refractivity contribution is 0.190. The van der Waals surface area contributed by atoms with E-state index in [1.54, 1.807) is 7.11 Å². The molecule has 0 spiro atoms. The number of nitriles is 1. The van der Waals surface area contributed by atoms with E-state index in [1.165, 1.54) is 12.8 Å². The minimum Gasteiger partial charge on any atom is -0.496 e. The summed E-state index contributed by atoms with van der Waals surface area (Å²) in [5, 5.41) is 9.54. The number of ether oxygens (including phenoxy) is 1. The molecule has 3 nitrogen and oxygen atoms in total. The first-order valence-corrected chi connectivity index (χ1v) is 6.48. The van der Waals surface area contributed by atoms with Gasteiger partial charge in [0.05, 0.1) is 13.2 Å². The van der Waals surface area contributed by atoms with Gasteiger partial charge in [0.25, 0.3) is 0 Å². The molecule has 0 aromatic heterocycles. The van der Waals surface area contributed by atoms with Crippen LogP contribution < -0.4 is 4.74 Å². The number of hydrogen-bond donors (Lipinski definition) is 0. The lowest BCUT2D eigenvalue weighted by Gasteiger charge is -2.32. The highest BCUT2D eigenvalue weighted by Gasteiger charge is 2.34. The Morgan fingerprint density at radius 3 is 2.61 bits per heavy atom. The minimum atomic E-state index is -0.425. The molecular weight excluding hydrogens is 224 g/mol. The summed E-state index contributed by atoms with van der Waals surface area (Å²) in [6.07, 6.45) is 3.11. The van der Waals surface area contributed by atoms with E-state index in [4.69, 9.17) is 4.74 Å². The van der Waals surface area contributed by atoms with Gasteiger partial charge < -0.3 is 4.74 Å². The van der Waals surface area contributed by atoms with Gasteiger partial charge in [0, 0.05) is 6.42 Å². The summed E-state index contributed by atoms with van der Waals surface area (Å²) in [4.78, 5) is 2.29. The summed E-state index contributed by atoms with van der Waals surface area (Å²) in [7, 11) is 1.68. The van der Waals surface area contributed by atoms with Crippen molar-refractivity contribution in [1.82, 2.24) is 4.90 Å². The molecule has 18 heavy (non-hydrogen) atoms. The summed E-state index contributed by atoms with van der Waals surface area (Å²) in [5.41, 5.74) is 0.682. The van der Waals surface area contributed by atoms with Gasteiger partial charge >= 0.3 is 0 Å². The Labute approximate surface area is 109 Å². The number of nitrogens with zero attached hydrogens (tertiary/aromatic N) is 2. The second-order valence-electron chi connectivity index (χ2n) is 5.07. The van der Waals surface area contributed by atoms with Crippen LogP contribution >= 0.6 is 0 Å². The number of hydrogen-bond acceptors (Lipinski definition) is 3. The summed E-state index contributed by atoms with van der Waals surface area (Å²) in [5.74, 6) is 0.873. The van der Waals surface area contributed by atoms with Crippen LogP contribution in [0, 0.1) is 11.3 Å². The van der Waals surface area contributed by atoms with Crippen molar-refractivity contribution < 1.29 is 4.74 Å². The average molecular weight is 244 g/mol. The molecule has 1 unspecified atom stereocenters. The van der Waals surface area contributed by atoms with E-state index in [1.807, 2.05) is 31.2 Å². The zero-order chi connectivity index (χ0) is 13.0. The van der Waals surface area contributed by atoms with Crippen molar-refractivity contribution in [3.63, 3.8) is 0 Å². The Kier molecular flexibility index (Phi) is 3.88. The predicted octanol–water partition coefficient (Wildman–Crippen LogP) is 2.62. The molecular formula is C15H20N2O. The van der Waals surface area contributed by atoms with Gasteiger partial charge in [-0.2, -0.15) is 5.26 Å². The molecule has 1 fully saturated rings. The molecule has 2 rings (SSSR count). The topological polar surface area (TPSA) is 36.3 Å². The molecule has 1 atom stereocenters. The van der Waals surface area contributed by atoms with Crippen molar-refractivity contribution in [2.45, 2.75) is 31.7 Å². The van der Waals surface area contributed by atoms with Crippen molar-refractivity contribution in [2.24, 2.45) is 0 Å². The SMILES string of the molecule is COc1ccccc1CC(C)(C#N)N1CCCC1. The standard InChI is InChI=1S/C15H20N2O/c1-15(12-16,17-9-5-6-10-17)11-13-7-3-4-8-14(13)18-2/h3-4,7-8H,5-6,9-11H2,1-2H3. The smallest absolute Gasteiger partial charge is 0.122 e. The van der Waals surface area contributed by atoms with Crippen molar-refractivity contribution in [1.29, 1.82) is 5.26 Å². The average Bonchev–Trinajstić information content (AvgIpc) is 2.94. The van der Waals surface area contributed by atoms with Crippen LogP contribution in [-0.4, -0.2) is 30.6 Å². The summed E-state index contributed by atoms with van der Waals surface area (Å²) >= 11 is 0. The molecule has 1 saturated heterocycles. The van der Waals surface area contributed by atoms with Crippen molar-refractivity contribution >= 4 is 0 Å². The molecule has 1 heterocycles. The molecule has 0 saturated carbocycles. The van der Waals surface area contributed by atoms with Crippen LogP contribution in [0.3, 0.4) is 0 Å². The third-order valence-corrected chi connectivity index (χ3v) is 3.77. The highest BCUT2D eigenvalue weighted by Crippen LogP contribution is 2.28. The van der Waals surface area contributed by atoms with Crippen LogP contribution in [0.15, 0.2) is 24.3 Å². The van der Waals surface area contributed by atoms with E-state index in [9.17, 15) is 5.26 Å². The molecule has 1 aromatic rings. The van der Waals surface area contributed by atoms with Gasteiger partial charge in [-0.1, -0.05) is 18.2 Å². The molecule has 3 heteroatoms. The van der Waals surface area contributed by atoms with Crippen molar-refractivity contribution in [3.05, 3.63) is 29.8 Å². The molecule has 0 radical (unpaired) electrons. The zero-order valence-electron chi connectivity index (χ0n) is 11.1. The first-order chi connectivity index (χ1) is 8.69. The third-order valence-electron chi connectivity index (χ3n) is 3.77. The fourth-order valence-corrected chi connectivity index (χ4v) is 2.65. The second-order valence-corrected chi connectivity index (χ2v) is 5.07. The normalized spacial score (nSPS) is 19.2. The second kappa shape index (κ2) is 5.41.